The van der Waals surface area contributed by atoms with E-state index in [-0.39, 0.29) is 17.3 Å². The van der Waals surface area contributed by atoms with Gasteiger partial charge < -0.3 is 10.6 Å². The van der Waals surface area contributed by atoms with Crippen LogP contribution < -0.4 is 10.6 Å². The lowest BCUT2D eigenvalue weighted by atomic mass is 10.2. The molecule has 0 saturated heterocycles. The van der Waals surface area contributed by atoms with Gasteiger partial charge in [0.15, 0.2) is 0 Å². The molecule has 1 aromatic carbocycles. The summed E-state index contributed by atoms with van der Waals surface area (Å²) in [6.07, 6.45) is -1.53. The second-order valence-corrected chi connectivity index (χ2v) is 5.29. The summed E-state index contributed by atoms with van der Waals surface area (Å²) in [5.41, 5.74) is 0.181. The summed E-state index contributed by atoms with van der Waals surface area (Å²) in [4.78, 5) is 16.1. The first-order valence-electron chi connectivity index (χ1n) is 6.96. The monoisotopic (exact) mass is 323 g/mol. The van der Waals surface area contributed by atoms with E-state index in [0.29, 0.717) is 5.69 Å². The van der Waals surface area contributed by atoms with Gasteiger partial charge in [-0.1, -0.05) is 6.07 Å². The van der Waals surface area contributed by atoms with E-state index in [4.69, 9.17) is 0 Å². The predicted molar refractivity (Wildman–Crippen MR) is 82.4 cm³/mol. The molecule has 0 radical (unpaired) electrons. The first kappa shape index (κ1) is 16.8. The first-order valence-corrected chi connectivity index (χ1v) is 6.96. The fourth-order valence-corrected chi connectivity index (χ4v) is 1.95. The van der Waals surface area contributed by atoms with Crippen molar-refractivity contribution in [1.29, 1.82) is 0 Å². The molecule has 0 saturated carbocycles. The van der Waals surface area contributed by atoms with Crippen molar-refractivity contribution in [2.75, 3.05) is 10.6 Å². The second kappa shape index (κ2) is 6.68. The third kappa shape index (κ3) is 4.70. The molecule has 0 spiro atoms. The lowest BCUT2D eigenvalue weighted by Crippen LogP contribution is -2.15. The molecule has 1 aromatic heterocycles. The number of benzene rings is 1. The van der Waals surface area contributed by atoms with E-state index < -0.39 is 17.6 Å². The van der Waals surface area contributed by atoms with Crippen LogP contribution in [0.1, 0.15) is 29.8 Å². The van der Waals surface area contributed by atoms with Crippen LogP contribution in [0.15, 0.2) is 42.7 Å². The maximum absolute atomic E-state index is 12.7. The van der Waals surface area contributed by atoms with E-state index in [9.17, 15) is 18.0 Å². The van der Waals surface area contributed by atoms with Crippen LogP contribution in [0.2, 0.25) is 0 Å². The van der Waals surface area contributed by atoms with Gasteiger partial charge >= 0.3 is 6.18 Å². The zero-order valence-corrected chi connectivity index (χ0v) is 12.6. The lowest BCUT2D eigenvalue weighted by molar-refractivity contribution is -0.137. The second-order valence-electron chi connectivity index (χ2n) is 5.29. The molecular weight excluding hydrogens is 307 g/mol. The highest BCUT2D eigenvalue weighted by molar-refractivity contribution is 6.04. The normalized spacial score (nSPS) is 11.4. The van der Waals surface area contributed by atoms with Gasteiger partial charge in [-0.15, -0.1) is 0 Å². The number of halogens is 3. The molecular formula is C16H16F3N3O. The average molecular weight is 323 g/mol. The molecule has 0 aliphatic heterocycles. The average Bonchev–Trinajstić information content (AvgIpc) is 2.46. The number of carbonyl (C=O) groups excluding carboxylic acids is 1. The van der Waals surface area contributed by atoms with Crippen LogP contribution >= 0.6 is 0 Å². The molecule has 0 aliphatic carbocycles. The first-order chi connectivity index (χ1) is 10.8. The van der Waals surface area contributed by atoms with E-state index in [0.717, 1.165) is 12.1 Å². The zero-order valence-electron chi connectivity index (χ0n) is 12.6. The molecule has 122 valence electrons. The minimum Gasteiger partial charge on any atom is -0.382 e. The van der Waals surface area contributed by atoms with Crippen molar-refractivity contribution in [2.24, 2.45) is 0 Å². The van der Waals surface area contributed by atoms with Crippen LogP contribution in [0.3, 0.4) is 0 Å². The van der Waals surface area contributed by atoms with Gasteiger partial charge in [-0.25, -0.2) is 0 Å². The molecule has 2 aromatic rings. The van der Waals surface area contributed by atoms with Crippen molar-refractivity contribution in [1.82, 2.24) is 4.98 Å². The number of aromatic nitrogens is 1. The fraction of sp³-hybridized carbons (Fsp3) is 0.250. The summed E-state index contributed by atoms with van der Waals surface area (Å²) in [5, 5.41) is 5.55. The Morgan fingerprint density at radius 2 is 1.87 bits per heavy atom. The molecule has 0 bridgehead atoms. The maximum atomic E-state index is 12.7. The van der Waals surface area contributed by atoms with E-state index in [2.05, 4.69) is 15.6 Å². The van der Waals surface area contributed by atoms with Crippen LogP contribution in [0.25, 0.3) is 0 Å². The Morgan fingerprint density at radius 3 is 2.52 bits per heavy atom. The number of hydrogen-bond acceptors (Lipinski definition) is 3. The zero-order chi connectivity index (χ0) is 17.0. The Bertz CT molecular complexity index is 699. The Kier molecular flexibility index (Phi) is 4.88. The van der Waals surface area contributed by atoms with Gasteiger partial charge in [-0.2, -0.15) is 13.2 Å². The number of hydrogen-bond donors (Lipinski definition) is 2. The third-order valence-corrected chi connectivity index (χ3v) is 2.90. The standard InChI is InChI=1S/C16H16F3N3O/c1-10(2)21-14-6-11(8-20-9-14)15(23)22-13-5-3-4-12(7-13)16(17,18)19/h3-10,21H,1-2H3,(H,22,23). The van der Waals surface area contributed by atoms with Gasteiger partial charge in [-0.3, -0.25) is 9.78 Å². The summed E-state index contributed by atoms with van der Waals surface area (Å²) in [6, 6.07) is 6.24. The molecule has 0 atom stereocenters. The summed E-state index contributed by atoms with van der Waals surface area (Å²) in [6.45, 7) is 3.88. The van der Waals surface area contributed by atoms with E-state index in [1.54, 1.807) is 12.3 Å². The largest absolute Gasteiger partial charge is 0.416 e. The molecule has 7 heteroatoms. The number of nitrogens with one attached hydrogen (secondary N) is 2. The minimum atomic E-state index is -4.45. The molecule has 4 nitrogen and oxygen atoms in total. The van der Waals surface area contributed by atoms with Crippen LogP contribution in [-0.2, 0) is 6.18 Å². The predicted octanol–water partition coefficient (Wildman–Crippen LogP) is 4.17. The Labute approximate surface area is 131 Å². The van der Waals surface area contributed by atoms with Crippen molar-refractivity contribution in [3.05, 3.63) is 53.9 Å². The van der Waals surface area contributed by atoms with E-state index in [1.807, 2.05) is 13.8 Å². The molecule has 0 unspecified atom stereocenters. The van der Waals surface area contributed by atoms with Crippen LogP contribution in [-0.4, -0.2) is 16.9 Å². The van der Waals surface area contributed by atoms with Crippen LogP contribution in [0, 0.1) is 0 Å². The summed E-state index contributed by atoms with van der Waals surface area (Å²) < 4.78 is 38.0. The minimum absolute atomic E-state index is 0.0760. The number of rotatable bonds is 4. The van der Waals surface area contributed by atoms with Gasteiger partial charge in [0.2, 0.25) is 0 Å². The SMILES string of the molecule is CC(C)Nc1cncc(C(=O)Nc2cccc(C(F)(F)F)c2)c1. The summed E-state index contributed by atoms with van der Waals surface area (Å²) in [5.74, 6) is -0.524. The highest BCUT2D eigenvalue weighted by Gasteiger charge is 2.30. The van der Waals surface area contributed by atoms with Crippen LogP contribution in [0.4, 0.5) is 24.5 Å². The van der Waals surface area contributed by atoms with Gasteiger partial charge in [-0.05, 0) is 38.1 Å². The topological polar surface area (TPSA) is 54.0 Å². The summed E-state index contributed by atoms with van der Waals surface area (Å²) >= 11 is 0. The van der Waals surface area contributed by atoms with E-state index >= 15 is 0 Å². The molecule has 2 rings (SSSR count). The Balaban J connectivity index is 2.16. The number of amides is 1. The highest BCUT2D eigenvalue weighted by atomic mass is 19.4. The van der Waals surface area contributed by atoms with Gasteiger partial charge in [0.1, 0.15) is 0 Å². The molecule has 0 aliphatic rings. The number of carbonyl (C=O) groups is 1. The number of nitrogens with zero attached hydrogens (tertiary/aromatic N) is 1. The molecule has 1 heterocycles. The lowest BCUT2D eigenvalue weighted by Gasteiger charge is -2.12. The van der Waals surface area contributed by atoms with E-state index in [1.165, 1.54) is 18.3 Å². The molecule has 23 heavy (non-hydrogen) atoms. The Hall–Kier alpha value is -2.57. The number of pyridine rings is 1. The number of anilines is 2. The number of alkyl halides is 3. The van der Waals surface area contributed by atoms with Crippen molar-refractivity contribution < 1.29 is 18.0 Å². The fourth-order valence-electron chi connectivity index (χ4n) is 1.95. The van der Waals surface area contributed by atoms with Gasteiger partial charge in [0.05, 0.1) is 16.8 Å². The van der Waals surface area contributed by atoms with Crippen molar-refractivity contribution >= 4 is 17.3 Å². The van der Waals surface area contributed by atoms with Crippen molar-refractivity contribution in [2.45, 2.75) is 26.1 Å². The van der Waals surface area contributed by atoms with Crippen LogP contribution in [0.5, 0.6) is 0 Å². The van der Waals surface area contributed by atoms with Gasteiger partial charge in [0.25, 0.3) is 5.91 Å². The van der Waals surface area contributed by atoms with Crippen molar-refractivity contribution in [3.63, 3.8) is 0 Å². The molecule has 2 N–H and O–H groups in total. The Morgan fingerprint density at radius 1 is 1.13 bits per heavy atom. The van der Waals surface area contributed by atoms with Gasteiger partial charge in [0, 0.05) is 24.1 Å². The maximum Gasteiger partial charge on any atom is 0.416 e. The van der Waals surface area contributed by atoms with Crippen molar-refractivity contribution in [3.8, 4) is 0 Å². The molecule has 1 amide bonds. The quantitative estimate of drug-likeness (QED) is 0.888. The summed E-state index contributed by atoms with van der Waals surface area (Å²) in [7, 11) is 0. The smallest absolute Gasteiger partial charge is 0.382 e. The highest BCUT2D eigenvalue weighted by Crippen LogP contribution is 2.30. The third-order valence-electron chi connectivity index (χ3n) is 2.90. The molecule has 0 fully saturated rings.